The number of benzene rings is 2. The highest BCUT2D eigenvalue weighted by atomic mass is 79.9. The van der Waals surface area contributed by atoms with Gasteiger partial charge in [0.25, 0.3) is 5.24 Å². The van der Waals surface area contributed by atoms with E-state index < -0.39 is 5.24 Å². The molecule has 0 aromatic heterocycles. The molecular formula is C15H12BrClO2. The fourth-order valence-electron chi connectivity index (χ4n) is 1.71. The van der Waals surface area contributed by atoms with Gasteiger partial charge in [-0.1, -0.05) is 40.2 Å². The Morgan fingerprint density at radius 3 is 2.68 bits per heavy atom. The lowest BCUT2D eigenvalue weighted by molar-refractivity contribution is 0.107. The molecule has 0 aliphatic rings. The SMILES string of the molecule is Cc1ccccc1COc1ccc(Br)cc1C(=O)Cl. The van der Waals surface area contributed by atoms with E-state index in [1.165, 1.54) is 0 Å². The Bertz CT molecular complexity index is 611. The summed E-state index contributed by atoms with van der Waals surface area (Å²) in [6.45, 7) is 2.43. The van der Waals surface area contributed by atoms with Crippen molar-refractivity contribution in [3.05, 3.63) is 63.6 Å². The van der Waals surface area contributed by atoms with Crippen LogP contribution in [0.4, 0.5) is 0 Å². The first kappa shape index (κ1) is 14.1. The Labute approximate surface area is 125 Å². The van der Waals surface area contributed by atoms with Crippen LogP contribution in [0.5, 0.6) is 5.75 Å². The predicted octanol–water partition coefficient (Wildman–Crippen LogP) is 4.72. The van der Waals surface area contributed by atoms with Crippen LogP contribution in [-0.2, 0) is 6.61 Å². The summed E-state index contributed by atoms with van der Waals surface area (Å²) in [6.07, 6.45) is 0. The number of ether oxygens (including phenoxy) is 1. The molecule has 0 saturated carbocycles. The number of hydrogen-bond acceptors (Lipinski definition) is 2. The molecule has 0 spiro atoms. The fourth-order valence-corrected chi connectivity index (χ4v) is 2.22. The first-order valence-corrected chi connectivity index (χ1v) is 6.91. The van der Waals surface area contributed by atoms with E-state index >= 15 is 0 Å². The first-order chi connectivity index (χ1) is 9.08. The van der Waals surface area contributed by atoms with E-state index in [4.69, 9.17) is 16.3 Å². The largest absolute Gasteiger partial charge is 0.488 e. The third kappa shape index (κ3) is 3.58. The molecule has 0 amide bonds. The molecule has 0 fully saturated rings. The van der Waals surface area contributed by atoms with Gasteiger partial charge >= 0.3 is 0 Å². The first-order valence-electron chi connectivity index (χ1n) is 5.74. The van der Waals surface area contributed by atoms with Crippen molar-refractivity contribution in [3.63, 3.8) is 0 Å². The Morgan fingerprint density at radius 2 is 2.00 bits per heavy atom. The quantitative estimate of drug-likeness (QED) is 0.754. The van der Waals surface area contributed by atoms with Crippen molar-refractivity contribution in [2.75, 3.05) is 0 Å². The normalized spacial score (nSPS) is 10.3. The Balaban J connectivity index is 2.20. The summed E-state index contributed by atoms with van der Waals surface area (Å²) in [5.41, 5.74) is 2.60. The van der Waals surface area contributed by atoms with Crippen molar-refractivity contribution in [2.45, 2.75) is 13.5 Å². The van der Waals surface area contributed by atoms with Gasteiger partial charge in [0, 0.05) is 4.47 Å². The minimum absolute atomic E-state index is 0.365. The van der Waals surface area contributed by atoms with Crippen molar-refractivity contribution >= 4 is 32.8 Å². The lowest BCUT2D eigenvalue weighted by Crippen LogP contribution is -2.01. The van der Waals surface area contributed by atoms with Gasteiger partial charge < -0.3 is 4.74 Å². The summed E-state index contributed by atoms with van der Waals surface area (Å²) in [7, 11) is 0. The van der Waals surface area contributed by atoms with E-state index in [1.807, 2.05) is 37.3 Å². The highest BCUT2D eigenvalue weighted by Crippen LogP contribution is 2.25. The zero-order chi connectivity index (χ0) is 13.8. The number of carbonyl (C=O) groups is 1. The summed E-state index contributed by atoms with van der Waals surface area (Å²) in [5, 5.41) is -0.527. The van der Waals surface area contributed by atoms with Crippen LogP contribution < -0.4 is 4.74 Å². The average molecular weight is 340 g/mol. The van der Waals surface area contributed by atoms with Gasteiger partial charge in [-0.3, -0.25) is 4.79 Å². The number of aryl methyl sites for hydroxylation is 1. The van der Waals surface area contributed by atoms with Crippen LogP contribution >= 0.6 is 27.5 Å². The van der Waals surface area contributed by atoms with Crippen molar-refractivity contribution in [3.8, 4) is 5.75 Å². The number of rotatable bonds is 4. The molecule has 19 heavy (non-hydrogen) atoms. The molecule has 0 unspecified atom stereocenters. The van der Waals surface area contributed by atoms with Crippen molar-refractivity contribution in [1.82, 2.24) is 0 Å². The molecule has 0 heterocycles. The molecule has 2 aromatic rings. The summed E-state index contributed by atoms with van der Waals surface area (Å²) in [4.78, 5) is 11.4. The molecule has 0 saturated heterocycles. The standard InChI is InChI=1S/C15H12BrClO2/c1-10-4-2-3-5-11(10)9-19-14-7-6-12(16)8-13(14)15(17)18/h2-8H,9H2,1H3. The predicted molar refractivity (Wildman–Crippen MR) is 79.8 cm³/mol. The van der Waals surface area contributed by atoms with Gasteiger partial charge in [0.1, 0.15) is 12.4 Å². The van der Waals surface area contributed by atoms with Crippen molar-refractivity contribution in [2.24, 2.45) is 0 Å². The number of carbonyl (C=O) groups excluding carboxylic acids is 1. The molecule has 0 bridgehead atoms. The molecule has 0 radical (unpaired) electrons. The Kier molecular flexibility index (Phi) is 4.61. The molecule has 0 N–H and O–H groups in total. The number of hydrogen-bond donors (Lipinski definition) is 0. The topological polar surface area (TPSA) is 26.3 Å². The zero-order valence-corrected chi connectivity index (χ0v) is 12.7. The van der Waals surface area contributed by atoms with Gasteiger partial charge in [0.2, 0.25) is 0 Å². The van der Waals surface area contributed by atoms with Crippen molar-refractivity contribution < 1.29 is 9.53 Å². The number of halogens is 2. The smallest absolute Gasteiger partial charge is 0.256 e. The molecule has 0 atom stereocenters. The van der Waals surface area contributed by atoms with Gasteiger partial charge in [-0.15, -0.1) is 0 Å². The summed E-state index contributed by atoms with van der Waals surface area (Å²) >= 11 is 8.86. The maximum absolute atomic E-state index is 11.4. The molecule has 0 aliphatic carbocycles. The fraction of sp³-hybridized carbons (Fsp3) is 0.133. The van der Waals surface area contributed by atoms with E-state index in [-0.39, 0.29) is 0 Å². The second-order valence-corrected chi connectivity index (χ2v) is 5.39. The van der Waals surface area contributed by atoms with Gasteiger partial charge in [-0.25, -0.2) is 0 Å². The van der Waals surface area contributed by atoms with Crippen LogP contribution in [0.15, 0.2) is 46.9 Å². The van der Waals surface area contributed by atoms with Crippen LogP contribution in [0.25, 0.3) is 0 Å². The van der Waals surface area contributed by atoms with Crippen LogP contribution in [-0.4, -0.2) is 5.24 Å². The highest BCUT2D eigenvalue weighted by molar-refractivity contribution is 9.10. The Hall–Kier alpha value is -1.32. The monoisotopic (exact) mass is 338 g/mol. The summed E-state index contributed by atoms with van der Waals surface area (Å²) in [5.74, 6) is 0.492. The minimum atomic E-state index is -0.527. The highest BCUT2D eigenvalue weighted by Gasteiger charge is 2.11. The maximum Gasteiger partial charge on any atom is 0.256 e. The minimum Gasteiger partial charge on any atom is -0.488 e. The Morgan fingerprint density at radius 1 is 1.26 bits per heavy atom. The van der Waals surface area contributed by atoms with Crippen LogP contribution in [0.2, 0.25) is 0 Å². The molecule has 0 aliphatic heterocycles. The van der Waals surface area contributed by atoms with E-state index in [9.17, 15) is 4.79 Å². The van der Waals surface area contributed by atoms with Gasteiger partial charge in [0.05, 0.1) is 5.56 Å². The lowest BCUT2D eigenvalue weighted by atomic mass is 10.1. The van der Waals surface area contributed by atoms with Crippen LogP contribution in [0.3, 0.4) is 0 Å². The summed E-state index contributed by atoms with van der Waals surface area (Å²) < 4.78 is 6.49. The zero-order valence-electron chi connectivity index (χ0n) is 10.3. The van der Waals surface area contributed by atoms with E-state index in [2.05, 4.69) is 15.9 Å². The van der Waals surface area contributed by atoms with E-state index in [0.29, 0.717) is 17.9 Å². The van der Waals surface area contributed by atoms with Crippen molar-refractivity contribution in [1.29, 1.82) is 0 Å². The van der Waals surface area contributed by atoms with E-state index in [0.717, 1.165) is 15.6 Å². The second-order valence-electron chi connectivity index (χ2n) is 4.13. The molecule has 2 aromatic carbocycles. The lowest BCUT2D eigenvalue weighted by Gasteiger charge is -2.11. The van der Waals surface area contributed by atoms with E-state index in [1.54, 1.807) is 12.1 Å². The summed E-state index contributed by atoms with van der Waals surface area (Å²) in [6, 6.07) is 13.2. The third-order valence-electron chi connectivity index (χ3n) is 2.80. The second kappa shape index (κ2) is 6.22. The third-order valence-corrected chi connectivity index (χ3v) is 3.49. The molecule has 2 nitrogen and oxygen atoms in total. The van der Waals surface area contributed by atoms with Crippen LogP contribution in [0, 0.1) is 6.92 Å². The molecule has 98 valence electrons. The molecular weight excluding hydrogens is 328 g/mol. The molecule has 4 heteroatoms. The van der Waals surface area contributed by atoms with Gasteiger partial charge in [-0.2, -0.15) is 0 Å². The van der Waals surface area contributed by atoms with Gasteiger partial charge in [-0.05, 0) is 47.9 Å². The molecule has 2 rings (SSSR count). The average Bonchev–Trinajstić information content (AvgIpc) is 2.38. The van der Waals surface area contributed by atoms with Gasteiger partial charge in [0.15, 0.2) is 0 Å². The van der Waals surface area contributed by atoms with Crippen LogP contribution in [0.1, 0.15) is 21.5 Å². The maximum atomic E-state index is 11.4.